The number of imidazole rings is 1. The number of nitrogens with one attached hydrogen (secondary N) is 1. The van der Waals surface area contributed by atoms with Crippen molar-refractivity contribution < 1.29 is 4.79 Å². The Morgan fingerprint density at radius 3 is 2.79 bits per heavy atom. The minimum atomic E-state index is -0.117. The summed E-state index contributed by atoms with van der Waals surface area (Å²) < 4.78 is 0. The maximum atomic E-state index is 12.8. The molecule has 3 aromatic rings. The SMILES string of the molecule is O=C(c1ccccn1)N1CCC[C@H]1c1nccnc1-c1ncc[nH]1. The molecule has 0 spiro atoms. The average molecular weight is 320 g/mol. The summed E-state index contributed by atoms with van der Waals surface area (Å²) in [5.41, 5.74) is 1.91. The highest BCUT2D eigenvalue weighted by Gasteiger charge is 2.34. The van der Waals surface area contributed by atoms with Crippen molar-refractivity contribution in [2.24, 2.45) is 0 Å². The van der Waals surface area contributed by atoms with Crippen LogP contribution in [0.15, 0.2) is 49.2 Å². The van der Waals surface area contributed by atoms with Gasteiger partial charge in [-0.05, 0) is 25.0 Å². The van der Waals surface area contributed by atoms with E-state index in [2.05, 4.69) is 24.9 Å². The summed E-state index contributed by atoms with van der Waals surface area (Å²) in [5, 5.41) is 0. The van der Waals surface area contributed by atoms with Crippen LogP contribution in [0.3, 0.4) is 0 Å². The third-order valence-electron chi connectivity index (χ3n) is 4.16. The van der Waals surface area contributed by atoms with Crippen LogP contribution >= 0.6 is 0 Å². The molecule has 0 saturated carbocycles. The predicted molar refractivity (Wildman–Crippen MR) is 86.9 cm³/mol. The maximum Gasteiger partial charge on any atom is 0.273 e. The second kappa shape index (κ2) is 6.19. The quantitative estimate of drug-likeness (QED) is 0.799. The van der Waals surface area contributed by atoms with Crippen LogP contribution in [-0.2, 0) is 0 Å². The number of H-pyrrole nitrogens is 1. The monoisotopic (exact) mass is 320 g/mol. The second-order valence-electron chi connectivity index (χ2n) is 5.60. The van der Waals surface area contributed by atoms with Gasteiger partial charge in [-0.3, -0.25) is 14.8 Å². The normalized spacial score (nSPS) is 17.2. The maximum absolute atomic E-state index is 12.8. The number of rotatable bonds is 3. The van der Waals surface area contributed by atoms with E-state index in [9.17, 15) is 4.79 Å². The third-order valence-corrected chi connectivity index (χ3v) is 4.16. The number of carbonyl (C=O) groups is 1. The molecule has 0 bridgehead atoms. The van der Waals surface area contributed by atoms with Gasteiger partial charge >= 0.3 is 0 Å². The van der Waals surface area contributed by atoms with Crippen LogP contribution < -0.4 is 0 Å². The lowest BCUT2D eigenvalue weighted by Gasteiger charge is -2.24. The molecule has 7 heteroatoms. The van der Waals surface area contributed by atoms with Gasteiger partial charge in [-0.25, -0.2) is 9.97 Å². The van der Waals surface area contributed by atoms with E-state index in [0.717, 1.165) is 18.5 Å². The largest absolute Gasteiger partial charge is 0.343 e. The fourth-order valence-electron chi connectivity index (χ4n) is 3.10. The van der Waals surface area contributed by atoms with E-state index in [0.29, 0.717) is 23.8 Å². The van der Waals surface area contributed by atoms with Crippen molar-refractivity contribution in [3.63, 3.8) is 0 Å². The van der Waals surface area contributed by atoms with Gasteiger partial charge in [0.1, 0.15) is 11.4 Å². The molecule has 3 aromatic heterocycles. The number of aromatic amines is 1. The number of carbonyl (C=O) groups excluding carboxylic acids is 1. The summed E-state index contributed by atoms with van der Waals surface area (Å²) in [7, 11) is 0. The van der Waals surface area contributed by atoms with E-state index >= 15 is 0 Å². The van der Waals surface area contributed by atoms with Gasteiger partial charge in [0, 0.05) is 37.5 Å². The van der Waals surface area contributed by atoms with Crippen molar-refractivity contribution in [3.8, 4) is 11.5 Å². The Kier molecular flexibility index (Phi) is 3.74. The second-order valence-corrected chi connectivity index (χ2v) is 5.60. The Labute approximate surface area is 138 Å². The fraction of sp³-hybridized carbons (Fsp3) is 0.235. The van der Waals surface area contributed by atoms with Crippen LogP contribution in [0, 0.1) is 0 Å². The molecule has 4 heterocycles. The number of hydrogen-bond donors (Lipinski definition) is 1. The molecular formula is C17H16N6O. The van der Waals surface area contributed by atoms with Crippen molar-refractivity contribution in [2.45, 2.75) is 18.9 Å². The highest BCUT2D eigenvalue weighted by molar-refractivity contribution is 5.92. The summed E-state index contributed by atoms with van der Waals surface area (Å²) in [6, 6.07) is 5.24. The van der Waals surface area contributed by atoms with Crippen molar-refractivity contribution in [1.82, 2.24) is 29.8 Å². The number of nitrogens with zero attached hydrogens (tertiary/aromatic N) is 5. The average Bonchev–Trinajstić information content (AvgIpc) is 3.33. The molecule has 24 heavy (non-hydrogen) atoms. The van der Waals surface area contributed by atoms with E-state index in [4.69, 9.17) is 0 Å². The van der Waals surface area contributed by atoms with Crippen LogP contribution in [0.2, 0.25) is 0 Å². The molecule has 120 valence electrons. The summed E-state index contributed by atoms with van der Waals surface area (Å²) in [4.78, 5) is 35.1. The van der Waals surface area contributed by atoms with Crippen LogP contribution in [0.5, 0.6) is 0 Å². The molecule has 1 atom stereocenters. The van der Waals surface area contributed by atoms with Gasteiger partial charge in [-0.1, -0.05) is 6.07 Å². The van der Waals surface area contributed by atoms with Gasteiger partial charge in [-0.15, -0.1) is 0 Å². The molecule has 0 unspecified atom stereocenters. The molecule has 4 rings (SSSR count). The lowest BCUT2D eigenvalue weighted by Crippen LogP contribution is -2.32. The molecule has 1 aliphatic heterocycles. The van der Waals surface area contributed by atoms with Gasteiger partial charge in [0.15, 0.2) is 5.82 Å². The topological polar surface area (TPSA) is 87.7 Å². The minimum Gasteiger partial charge on any atom is -0.343 e. The van der Waals surface area contributed by atoms with Crippen molar-refractivity contribution in [3.05, 3.63) is 60.6 Å². The molecule has 1 saturated heterocycles. The zero-order chi connectivity index (χ0) is 16.4. The lowest BCUT2D eigenvalue weighted by molar-refractivity contribution is 0.0727. The van der Waals surface area contributed by atoms with Gasteiger partial charge < -0.3 is 9.88 Å². The summed E-state index contributed by atoms with van der Waals surface area (Å²) in [5.74, 6) is 0.587. The van der Waals surface area contributed by atoms with E-state index in [1.54, 1.807) is 43.1 Å². The van der Waals surface area contributed by atoms with E-state index < -0.39 is 0 Å². The highest BCUT2D eigenvalue weighted by atomic mass is 16.2. The van der Waals surface area contributed by atoms with Crippen LogP contribution in [0.1, 0.15) is 35.1 Å². The Hall–Kier alpha value is -3.09. The van der Waals surface area contributed by atoms with Crippen molar-refractivity contribution in [1.29, 1.82) is 0 Å². The summed E-state index contributed by atoms with van der Waals surface area (Å²) in [6.45, 7) is 0.689. The molecule has 1 aliphatic rings. The molecule has 7 nitrogen and oxygen atoms in total. The zero-order valence-corrected chi connectivity index (χ0v) is 13.0. The molecule has 0 aliphatic carbocycles. The molecule has 0 aromatic carbocycles. The molecule has 0 radical (unpaired) electrons. The number of hydrogen-bond acceptors (Lipinski definition) is 5. The van der Waals surface area contributed by atoms with E-state index in [-0.39, 0.29) is 11.9 Å². The van der Waals surface area contributed by atoms with Gasteiger partial charge in [0.2, 0.25) is 0 Å². The third kappa shape index (κ3) is 2.54. The number of likely N-dealkylation sites (tertiary alicyclic amines) is 1. The predicted octanol–water partition coefficient (Wildman–Crippen LogP) is 2.24. The van der Waals surface area contributed by atoms with E-state index in [1.807, 2.05) is 11.0 Å². The first-order valence-corrected chi connectivity index (χ1v) is 7.87. The first kappa shape index (κ1) is 14.5. The van der Waals surface area contributed by atoms with Crippen LogP contribution in [0.4, 0.5) is 0 Å². The Morgan fingerprint density at radius 1 is 1.08 bits per heavy atom. The number of aromatic nitrogens is 5. The van der Waals surface area contributed by atoms with Crippen LogP contribution in [0.25, 0.3) is 11.5 Å². The lowest BCUT2D eigenvalue weighted by atomic mass is 10.1. The van der Waals surface area contributed by atoms with Gasteiger partial charge in [0.25, 0.3) is 5.91 Å². The van der Waals surface area contributed by atoms with Crippen molar-refractivity contribution >= 4 is 5.91 Å². The van der Waals surface area contributed by atoms with Crippen LogP contribution in [-0.4, -0.2) is 42.3 Å². The minimum absolute atomic E-state index is 0.0749. The standard InChI is InChI=1S/C17H16N6O/c24-17(12-4-1-2-6-18-12)23-11-3-5-13(23)14-15(20-8-7-19-14)16-21-9-10-22-16/h1-2,4,6-10,13H,3,5,11H2,(H,21,22)/t13-/m0/s1. The van der Waals surface area contributed by atoms with Gasteiger partial charge in [-0.2, -0.15) is 0 Å². The van der Waals surface area contributed by atoms with Gasteiger partial charge in [0.05, 0.1) is 11.7 Å². The number of pyridine rings is 1. The highest BCUT2D eigenvalue weighted by Crippen LogP contribution is 2.35. The van der Waals surface area contributed by atoms with Crippen molar-refractivity contribution in [2.75, 3.05) is 6.54 Å². The summed E-state index contributed by atoms with van der Waals surface area (Å²) in [6.07, 6.45) is 10.1. The first-order chi connectivity index (χ1) is 11.8. The first-order valence-electron chi connectivity index (χ1n) is 7.87. The zero-order valence-electron chi connectivity index (χ0n) is 13.0. The number of amides is 1. The Bertz CT molecular complexity index is 833. The Morgan fingerprint density at radius 2 is 2.00 bits per heavy atom. The smallest absolute Gasteiger partial charge is 0.273 e. The molecular weight excluding hydrogens is 304 g/mol. The van der Waals surface area contributed by atoms with E-state index in [1.165, 1.54) is 0 Å². The summed E-state index contributed by atoms with van der Waals surface area (Å²) >= 11 is 0. The Balaban J connectivity index is 1.70. The molecule has 1 N–H and O–H groups in total. The fourth-order valence-corrected chi connectivity index (χ4v) is 3.10. The molecule has 1 amide bonds. The molecule has 1 fully saturated rings.